The Labute approximate surface area is 128 Å². The van der Waals surface area contributed by atoms with Gasteiger partial charge in [0.1, 0.15) is 17.5 Å². The highest BCUT2D eigenvalue weighted by molar-refractivity contribution is 5.47. The van der Waals surface area contributed by atoms with E-state index in [0.717, 1.165) is 42.8 Å². The highest BCUT2D eigenvalue weighted by Crippen LogP contribution is 2.20. The van der Waals surface area contributed by atoms with Crippen LogP contribution in [0.15, 0.2) is 6.07 Å². The third kappa shape index (κ3) is 5.16. The number of rotatable bonds is 7. The molecule has 1 aliphatic rings. The molecule has 0 aliphatic carbocycles. The first-order valence-electron chi connectivity index (χ1n) is 8.19. The zero-order chi connectivity index (χ0) is 15.1. The lowest BCUT2D eigenvalue weighted by molar-refractivity contribution is 0.215. The minimum Gasteiger partial charge on any atom is -0.373 e. The smallest absolute Gasteiger partial charge is 0.133 e. The number of likely N-dealkylation sites (tertiary alicyclic amines) is 1. The van der Waals surface area contributed by atoms with Gasteiger partial charge in [0.15, 0.2) is 0 Å². The van der Waals surface area contributed by atoms with Gasteiger partial charge >= 0.3 is 0 Å². The van der Waals surface area contributed by atoms with Crippen LogP contribution in [0.1, 0.15) is 38.4 Å². The van der Waals surface area contributed by atoms with Crippen molar-refractivity contribution in [3.8, 4) is 0 Å². The average Bonchev–Trinajstić information content (AvgIpc) is 2.49. The Kier molecular flexibility index (Phi) is 6.23. The normalized spacial score (nSPS) is 16.9. The van der Waals surface area contributed by atoms with Crippen molar-refractivity contribution in [1.82, 2.24) is 14.9 Å². The van der Waals surface area contributed by atoms with Gasteiger partial charge in [0.25, 0.3) is 0 Å². The third-order valence-corrected chi connectivity index (χ3v) is 4.20. The van der Waals surface area contributed by atoms with E-state index in [9.17, 15) is 0 Å². The van der Waals surface area contributed by atoms with Gasteiger partial charge in [-0.15, -0.1) is 0 Å². The van der Waals surface area contributed by atoms with Crippen molar-refractivity contribution in [2.24, 2.45) is 5.92 Å². The molecule has 0 spiro atoms. The maximum absolute atomic E-state index is 4.60. The van der Waals surface area contributed by atoms with Gasteiger partial charge in [0, 0.05) is 26.1 Å². The predicted molar refractivity (Wildman–Crippen MR) is 88.9 cm³/mol. The number of piperidine rings is 1. The second-order valence-corrected chi connectivity index (χ2v) is 6.02. The number of aromatic nitrogens is 2. The molecule has 0 atom stereocenters. The minimum absolute atomic E-state index is 0.856. The molecule has 5 heteroatoms. The van der Waals surface area contributed by atoms with Crippen molar-refractivity contribution >= 4 is 11.6 Å². The largest absolute Gasteiger partial charge is 0.373 e. The molecule has 118 valence electrons. The zero-order valence-electron chi connectivity index (χ0n) is 13.7. The maximum atomic E-state index is 4.60. The topological polar surface area (TPSA) is 53.1 Å². The second-order valence-electron chi connectivity index (χ2n) is 6.02. The molecule has 0 bridgehead atoms. The molecular weight excluding hydrogens is 262 g/mol. The standard InChI is InChI=1S/C16H29N5/c1-4-5-14-19-15(17-2)12-16(20-14)18-9-6-13-7-10-21(3)11-8-13/h12-13H,4-11H2,1-3H3,(H2,17,18,19,20). The lowest BCUT2D eigenvalue weighted by Crippen LogP contribution is -2.30. The van der Waals surface area contributed by atoms with Gasteiger partial charge in [-0.25, -0.2) is 9.97 Å². The van der Waals surface area contributed by atoms with Crippen LogP contribution in [-0.4, -0.2) is 48.6 Å². The van der Waals surface area contributed by atoms with Crippen molar-refractivity contribution in [1.29, 1.82) is 0 Å². The Balaban J connectivity index is 1.83. The van der Waals surface area contributed by atoms with Crippen molar-refractivity contribution < 1.29 is 0 Å². The lowest BCUT2D eigenvalue weighted by Gasteiger charge is -2.28. The van der Waals surface area contributed by atoms with Crippen LogP contribution in [0.25, 0.3) is 0 Å². The van der Waals surface area contributed by atoms with Crippen LogP contribution >= 0.6 is 0 Å². The molecule has 1 aliphatic heterocycles. The van der Waals surface area contributed by atoms with E-state index in [1.165, 1.54) is 32.4 Å². The van der Waals surface area contributed by atoms with Gasteiger partial charge in [0.2, 0.25) is 0 Å². The monoisotopic (exact) mass is 291 g/mol. The molecule has 2 N–H and O–H groups in total. The van der Waals surface area contributed by atoms with Crippen LogP contribution in [0.3, 0.4) is 0 Å². The fraction of sp³-hybridized carbons (Fsp3) is 0.750. The van der Waals surface area contributed by atoms with Gasteiger partial charge in [-0.1, -0.05) is 6.92 Å². The van der Waals surface area contributed by atoms with E-state index in [-0.39, 0.29) is 0 Å². The molecule has 0 amide bonds. The molecule has 2 heterocycles. The summed E-state index contributed by atoms with van der Waals surface area (Å²) >= 11 is 0. The molecule has 0 radical (unpaired) electrons. The summed E-state index contributed by atoms with van der Waals surface area (Å²) in [5.74, 6) is 3.63. The van der Waals surface area contributed by atoms with Crippen LogP contribution in [0.5, 0.6) is 0 Å². The van der Waals surface area contributed by atoms with Crippen molar-refractivity contribution in [2.45, 2.75) is 39.0 Å². The van der Waals surface area contributed by atoms with Gasteiger partial charge in [-0.05, 0) is 51.7 Å². The van der Waals surface area contributed by atoms with E-state index in [2.05, 4.69) is 39.5 Å². The highest BCUT2D eigenvalue weighted by Gasteiger charge is 2.16. The number of hydrogen-bond donors (Lipinski definition) is 2. The van der Waals surface area contributed by atoms with Crippen LogP contribution in [0.4, 0.5) is 11.6 Å². The SMILES string of the molecule is CCCc1nc(NC)cc(NCCC2CCN(C)CC2)n1. The first-order chi connectivity index (χ1) is 10.2. The van der Waals surface area contributed by atoms with Gasteiger partial charge < -0.3 is 15.5 Å². The summed E-state index contributed by atoms with van der Waals surface area (Å²) in [6, 6.07) is 1.99. The Morgan fingerprint density at radius 1 is 1.24 bits per heavy atom. The fourth-order valence-electron chi connectivity index (χ4n) is 2.81. The summed E-state index contributed by atoms with van der Waals surface area (Å²) < 4.78 is 0. The highest BCUT2D eigenvalue weighted by atomic mass is 15.1. The van der Waals surface area contributed by atoms with Gasteiger partial charge in [-0.3, -0.25) is 0 Å². The average molecular weight is 291 g/mol. The van der Waals surface area contributed by atoms with E-state index in [1.807, 2.05) is 13.1 Å². The lowest BCUT2D eigenvalue weighted by atomic mass is 9.94. The second kappa shape index (κ2) is 8.17. The molecular formula is C16H29N5. The fourth-order valence-corrected chi connectivity index (χ4v) is 2.81. The Morgan fingerprint density at radius 3 is 2.62 bits per heavy atom. The molecule has 0 saturated carbocycles. The van der Waals surface area contributed by atoms with E-state index in [0.29, 0.717) is 0 Å². The van der Waals surface area contributed by atoms with E-state index in [4.69, 9.17) is 0 Å². The summed E-state index contributed by atoms with van der Waals surface area (Å²) in [5.41, 5.74) is 0. The van der Waals surface area contributed by atoms with Crippen molar-refractivity contribution in [3.05, 3.63) is 11.9 Å². The Hall–Kier alpha value is -1.36. The molecule has 1 saturated heterocycles. The summed E-state index contributed by atoms with van der Waals surface area (Å²) in [7, 11) is 4.12. The number of hydrogen-bond acceptors (Lipinski definition) is 5. The number of nitrogens with one attached hydrogen (secondary N) is 2. The summed E-state index contributed by atoms with van der Waals surface area (Å²) in [4.78, 5) is 11.5. The first-order valence-corrected chi connectivity index (χ1v) is 8.19. The molecule has 5 nitrogen and oxygen atoms in total. The Morgan fingerprint density at radius 2 is 1.95 bits per heavy atom. The van der Waals surface area contributed by atoms with Crippen LogP contribution in [-0.2, 0) is 6.42 Å². The molecule has 1 aromatic heterocycles. The number of anilines is 2. The Bertz CT molecular complexity index is 427. The van der Waals surface area contributed by atoms with Crippen LogP contribution in [0, 0.1) is 5.92 Å². The molecule has 0 unspecified atom stereocenters. The summed E-state index contributed by atoms with van der Waals surface area (Å²) in [5, 5.41) is 6.59. The minimum atomic E-state index is 0.856. The molecule has 0 aromatic carbocycles. The summed E-state index contributed by atoms with van der Waals surface area (Å²) in [6.45, 7) is 5.63. The third-order valence-electron chi connectivity index (χ3n) is 4.20. The molecule has 1 fully saturated rings. The van der Waals surface area contributed by atoms with Crippen molar-refractivity contribution in [3.63, 3.8) is 0 Å². The zero-order valence-corrected chi connectivity index (χ0v) is 13.7. The molecule has 21 heavy (non-hydrogen) atoms. The van der Waals surface area contributed by atoms with E-state index in [1.54, 1.807) is 0 Å². The summed E-state index contributed by atoms with van der Waals surface area (Å²) in [6.07, 6.45) is 5.88. The first kappa shape index (κ1) is 16.0. The maximum Gasteiger partial charge on any atom is 0.133 e. The predicted octanol–water partition coefficient (Wildman–Crippen LogP) is 2.61. The van der Waals surface area contributed by atoms with E-state index < -0.39 is 0 Å². The molecule has 1 aromatic rings. The van der Waals surface area contributed by atoms with Crippen LogP contribution in [0.2, 0.25) is 0 Å². The molecule has 2 rings (SSSR count). The number of aryl methyl sites for hydroxylation is 1. The van der Waals surface area contributed by atoms with Gasteiger partial charge in [-0.2, -0.15) is 0 Å². The van der Waals surface area contributed by atoms with Gasteiger partial charge in [0.05, 0.1) is 0 Å². The quantitative estimate of drug-likeness (QED) is 0.809. The van der Waals surface area contributed by atoms with Crippen LogP contribution < -0.4 is 10.6 Å². The number of nitrogens with zero attached hydrogens (tertiary/aromatic N) is 3. The van der Waals surface area contributed by atoms with E-state index >= 15 is 0 Å². The van der Waals surface area contributed by atoms with Crippen molar-refractivity contribution in [2.75, 3.05) is 44.4 Å².